The second kappa shape index (κ2) is 7.55. The van der Waals surface area contributed by atoms with Crippen LogP contribution >= 0.6 is 0 Å². The second-order valence-corrected chi connectivity index (χ2v) is 2.87. The Balaban J connectivity index is 1.85. The number of aliphatic hydroxyl groups excluding tert-OH is 1. The highest BCUT2D eigenvalue weighted by Gasteiger charge is 1.90. The maximum absolute atomic E-state index is 8.42. The summed E-state index contributed by atoms with van der Waals surface area (Å²) in [5.74, 6) is 0. The lowest BCUT2D eigenvalue weighted by atomic mass is 10.6. The van der Waals surface area contributed by atoms with E-state index in [4.69, 9.17) is 14.6 Å². The maximum Gasteiger partial charge on any atom is 0.0701 e. The van der Waals surface area contributed by atoms with Crippen molar-refractivity contribution in [3.05, 3.63) is 24.5 Å². The van der Waals surface area contributed by atoms with Crippen LogP contribution in [0, 0.1) is 0 Å². The third-order valence-corrected chi connectivity index (χ3v) is 1.77. The van der Waals surface area contributed by atoms with E-state index in [1.807, 2.05) is 24.5 Å². The van der Waals surface area contributed by atoms with Crippen molar-refractivity contribution < 1.29 is 14.6 Å². The molecule has 4 heteroatoms. The van der Waals surface area contributed by atoms with E-state index in [1.54, 1.807) is 0 Å². The number of aliphatic hydroxyl groups is 1. The average molecular weight is 199 g/mol. The fraction of sp³-hybridized carbons (Fsp3) is 0.600. The highest BCUT2D eigenvalue weighted by Crippen LogP contribution is 1.89. The minimum atomic E-state index is 0.0728. The maximum atomic E-state index is 8.42. The lowest BCUT2D eigenvalue weighted by Gasteiger charge is -2.05. The van der Waals surface area contributed by atoms with E-state index in [1.165, 1.54) is 0 Å². The van der Waals surface area contributed by atoms with Crippen LogP contribution in [0.5, 0.6) is 0 Å². The number of aromatic nitrogens is 1. The zero-order chi connectivity index (χ0) is 10.1. The number of hydrogen-bond donors (Lipinski definition) is 1. The van der Waals surface area contributed by atoms with Gasteiger partial charge in [0.25, 0.3) is 0 Å². The Morgan fingerprint density at radius 2 is 1.57 bits per heavy atom. The van der Waals surface area contributed by atoms with Gasteiger partial charge in [0.15, 0.2) is 0 Å². The average Bonchev–Trinajstić information content (AvgIpc) is 2.69. The first-order valence-corrected chi connectivity index (χ1v) is 4.80. The molecule has 0 spiro atoms. The van der Waals surface area contributed by atoms with Crippen molar-refractivity contribution in [1.29, 1.82) is 0 Å². The van der Waals surface area contributed by atoms with Crippen LogP contribution < -0.4 is 0 Å². The molecule has 0 amide bonds. The van der Waals surface area contributed by atoms with E-state index in [2.05, 4.69) is 4.57 Å². The molecule has 1 rings (SSSR count). The smallest absolute Gasteiger partial charge is 0.0701 e. The molecular weight excluding hydrogens is 182 g/mol. The summed E-state index contributed by atoms with van der Waals surface area (Å²) in [6, 6.07) is 3.98. The molecule has 1 N–H and O–H groups in total. The van der Waals surface area contributed by atoms with Gasteiger partial charge in [-0.1, -0.05) is 0 Å². The normalized spacial score (nSPS) is 10.6. The van der Waals surface area contributed by atoms with Gasteiger partial charge in [-0.05, 0) is 12.1 Å². The molecule has 0 aliphatic carbocycles. The van der Waals surface area contributed by atoms with Crippen molar-refractivity contribution in [3.63, 3.8) is 0 Å². The molecule has 0 bridgehead atoms. The molecule has 4 nitrogen and oxygen atoms in total. The highest BCUT2D eigenvalue weighted by atomic mass is 16.5. The second-order valence-electron chi connectivity index (χ2n) is 2.87. The van der Waals surface area contributed by atoms with Crippen LogP contribution in [0.1, 0.15) is 0 Å². The van der Waals surface area contributed by atoms with Crippen molar-refractivity contribution in [2.45, 2.75) is 6.54 Å². The summed E-state index contributed by atoms with van der Waals surface area (Å²) >= 11 is 0. The standard InChI is InChI=1S/C10H17NO3/c12-6-8-14-10-9-13-7-5-11-3-1-2-4-11/h1-4,12H,5-10H2. The molecule has 0 fully saturated rings. The highest BCUT2D eigenvalue weighted by molar-refractivity contribution is 4.89. The molecule has 0 atom stereocenters. The van der Waals surface area contributed by atoms with Gasteiger partial charge in [0.1, 0.15) is 0 Å². The molecule has 80 valence electrons. The molecule has 0 saturated carbocycles. The Kier molecular flexibility index (Phi) is 6.06. The lowest BCUT2D eigenvalue weighted by Crippen LogP contribution is -2.10. The van der Waals surface area contributed by atoms with Crippen LogP contribution in [-0.2, 0) is 16.0 Å². The predicted molar refractivity (Wildman–Crippen MR) is 53.2 cm³/mol. The van der Waals surface area contributed by atoms with E-state index in [-0.39, 0.29) is 6.61 Å². The topological polar surface area (TPSA) is 43.6 Å². The Morgan fingerprint density at radius 3 is 2.21 bits per heavy atom. The Hall–Kier alpha value is -0.840. The van der Waals surface area contributed by atoms with Crippen molar-refractivity contribution >= 4 is 0 Å². The van der Waals surface area contributed by atoms with Gasteiger partial charge in [-0.25, -0.2) is 0 Å². The van der Waals surface area contributed by atoms with Gasteiger partial charge in [0.2, 0.25) is 0 Å². The SMILES string of the molecule is OCCOCCOCCn1cccc1. The van der Waals surface area contributed by atoms with Crippen molar-refractivity contribution in [2.24, 2.45) is 0 Å². The fourth-order valence-corrected chi connectivity index (χ4v) is 1.08. The third-order valence-electron chi connectivity index (χ3n) is 1.77. The summed E-state index contributed by atoms with van der Waals surface area (Å²) in [7, 11) is 0. The van der Waals surface area contributed by atoms with Crippen molar-refractivity contribution in [1.82, 2.24) is 4.57 Å². The summed E-state index contributed by atoms with van der Waals surface area (Å²) in [5.41, 5.74) is 0. The van der Waals surface area contributed by atoms with Crippen LogP contribution in [0.2, 0.25) is 0 Å². The largest absolute Gasteiger partial charge is 0.394 e. The summed E-state index contributed by atoms with van der Waals surface area (Å²) in [6.45, 7) is 3.15. The van der Waals surface area contributed by atoms with Gasteiger partial charge in [0.05, 0.1) is 33.0 Å². The molecule has 0 saturated heterocycles. The molecule has 0 aromatic carbocycles. The first kappa shape index (κ1) is 11.2. The summed E-state index contributed by atoms with van der Waals surface area (Å²) in [4.78, 5) is 0. The van der Waals surface area contributed by atoms with E-state index >= 15 is 0 Å². The molecule has 0 aliphatic rings. The number of ether oxygens (including phenoxy) is 2. The molecular formula is C10H17NO3. The van der Waals surface area contributed by atoms with Crippen molar-refractivity contribution in [2.75, 3.05) is 33.0 Å². The minimum Gasteiger partial charge on any atom is -0.394 e. The third kappa shape index (κ3) is 5.01. The van der Waals surface area contributed by atoms with Crippen LogP contribution in [0.25, 0.3) is 0 Å². The summed E-state index contributed by atoms with van der Waals surface area (Å²) in [5, 5.41) is 8.42. The molecule has 0 unspecified atom stereocenters. The molecule has 0 aliphatic heterocycles. The molecule has 14 heavy (non-hydrogen) atoms. The van der Waals surface area contributed by atoms with Crippen LogP contribution in [0.15, 0.2) is 24.5 Å². The zero-order valence-electron chi connectivity index (χ0n) is 8.26. The Labute approximate surface area is 84.1 Å². The van der Waals surface area contributed by atoms with Gasteiger partial charge in [-0.15, -0.1) is 0 Å². The lowest BCUT2D eigenvalue weighted by molar-refractivity contribution is 0.0310. The summed E-state index contributed by atoms with van der Waals surface area (Å²) in [6.07, 6.45) is 4.01. The zero-order valence-corrected chi connectivity index (χ0v) is 8.26. The Morgan fingerprint density at radius 1 is 0.929 bits per heavy atom. The Bertz CT molecular complexity index is 211. The van der Waals surface area contributed by atoms with E-state index in [9.17, 15) is 0 Å². The van der Waals surface area contributed by atoms with Gasteiger partial charge in [-0.2, -0.15) is 0 Å². The number of rotatable bonds is 8. The van der Waals surface area contributed by atoms with E-state index < -0.39 is 0 Å². The van der Waals surface area contributed by atoms with Crippen LogP contribution in [-0.4, -0.2) is 42.7 Å². The van der Waals surface area contributed by atoms with Gasteiger partial charge in [-0.3, -0.25) is 0 Å². The van der Waals surface area contributed by atoms with Crippen LogP contribution in [0.4, 0.5) is 0 Å². The molecule has 0 radical (unpaired) electrons. The fourth-order valence-electron chi connectivity index (χ4n) is 1.08. The number of hydrogen-bond acceptors (Lipinski definition) is 3. The molecule has 1 aromatic heterocycles. The van der Waals surface area contributed by atoms with Gasteiger partial charge in [0, 0.05) is 18.9 Å². The number of nitrogens with zero attached hydrogens (tertiary/aromatic N) is 1. The predicted octanol–water partition coefficient (Wildman–Crippen LogP) is 0.514. The molecule has 1 heterocycles. The monoisotopic (exact) mass is 199 g/mol. The minimum absolute atomic E-state index is 0.0728. The first-order chi connectivity index (χ1) is 6.93. The quantitative estimate of drug-likeness (QED) is 0.620. The van der Waals surface area contributed by atoms with Gasteiger partial charge < -0.3 is 19.1 Å². The van der Waals surface area contributed by atoms with Crippen molar-refractivity contribution in [3.8, 4) is 0 Å². The van der Waals surface area contributed by atoms with E-state index in [0.717, 1.165) is 6.54 Å². The first-order valence-electron chi connectivity index (χ1n) is 4.80. The van der Waals surface area contributed by atoms with Gasteiger partial charge >= 0.3 is 0 Å². The molecule has 1 aromatic rings. The van der Waals surface area contributed by atoms with Crippen LogP contribution in [0.3, 0.4) is 0 Å². The summed E-state index contributed by atoms with van der Waals surface area (Å²) < 4.78 is 12.4. The van der Waals surface area contributed by atoms with E-state index in [0.29, 0.717) is 26.4 Å².